The zero-order chi connectivity index (χ0) is 17.5. The Balaban J connectivity index is 1.79. The molecule has 5 heteroatoms. The summed E-state index contributed by atoms with van der Waals surface area (Å²) in [5, 5.41) is 3.03. The number of rotatable bonds is 4. The van der Waals surface area contributed by atoms with Gasteiger partial charge in [0.1, 0.15) is 5.76 Å². The topological polar surface area (TPSA) is 45.5 Å². The standard InChI is InChI=1S/C20H16N2O2S/c23-19(14-13-18-12-7-15-24-18)21-20(25)22(16-8-3-1-4-9-16)17-10-5-2-6-11-17/h1-15H,(H,21,23,25)/b14-13+. The molecule has 3 aromatic rings. The van der Waals surface area contributed by atoms with Crippen molar-refractivity contribution in [3.8, 4) is 0 Å². The Bertz CT molecular complexity index is 820. The maximum atomic E-state index is 12.2. The first kappa shape index (κ1) is 16.7. The number of nitrogens with zero attached hydrogens (tertiary/aromatic N) is 1. The molecule has 0 atom stereocenters. The molecule has 1 heterocycles. The molecule has 25 heavy (non-hydrogen) atoms. The molecule has 0 aliphatic rings. The lowest BCUT2D eigenvalue weighted by Crippen LogP contribution is -2.39. The number of furan rings is 1. The average molecular weight is 348 g/mol. The Morgan fingerprint density at radius 1 is 0.920 bits per heavy atom. The van der Waals surface area contributed by atoms with Gasteiger partial charge in [0.25, 0.3) is 0 Å². The number of nitrogens with one attached hydrogen (secondary N) is 1. The van der Waals surface area contributed by atoms with Crippen molar-refractivity contribution < 1.29 is 9.21 Å². The van der Waals surface area contributed by atoms with Gasteiger partial charge in [-0.1, -0.05) is 36.4 Å². The minimum atomic E-state index is -0.321. The summed E-state index contributed by atoms with van der Waals surface area (Å²) in [6.07, 6.45) is 4.53. The van der Waals surface area contributed by atoms with Gasteiger partial charge in [0.2, 0.25) is 5.91 Å². The molecule has 0 radical (unpaired) electrons. The summed E-state index contributed by atoms with van der Waals surface area (Å²) in [5.41, 5.74) is 1.74. The van der Waals surface area contributed by atoms with Crippen LogP contribution in [0.1, 0.15) is 5.76 Å². The molecule has 1 aromatic heterocycles. The highest BCUT2D eigenvalue weighted by Gasteiger charge is 2.15. The van der Waals surface area contributed by atoms with Crippen LogP contribution < -0.4 is 10.2 Å². The molecule has 0 spiro atoms. The number of para-hydroxylation sites is 2. The van der Waals surface area contributed by atoms with Crippen LogP contribution in [0.4, 0.5) is 11.4 Å². The second-order valence-corrected chi connectivity index (χ2v) is 5.54. The molecule has 4 nitrogen and oxygen atoms in total. The SMILES string of the molecule is O=C(/C=C/c1ccco1)NC(=S)N(c1ccccc1)c1ccccc1. The first-order valence-corrected chi connectivity index (χ1v) is 8.11. The van der Waals surface area contributed by atoms with Crippen molar-refractivity contribution >= 4 is 40.7 Å². The number of hydrogen-bond donors (Lipinski definition) is 1. The quantitative estimate of drug-likeness (QED) is 0.556. The van der Waals surface area contributed by atoms with E-state index >= 15 is 0 Å². The fraction of sp³-hybridized carbons (Fsp3) is 0. The van der Waals surface area contributed by atoms with Gasteiger partial charge in [-0.05, 0) is 54.7 Å². The highest BCUT2D eigenvalue weighted by molar-refractivity contribution is 7.80. The van der Waals surface area contributed by atoms with Crippen LogP contribution in [0, 0.1) is 0 Å². The molecule has 3 rings (SSSR count). The van der Waals surface area contributed by atoms with Crippen LogP contribution in [0.5, 0.6) is 0 Å². The summed E-state index contributed by atoms with van der Waals surface area (Å²) in [5.74, 6) is 0.280. The van der Waals surface area contributed by atoms with Crippen molar-refractivity contribution in [2.75, 3.05) is 4.90 Å². The van der Waals surface area contributed by atoms with Crippen molar-refractivity contribution in [3.63, 3.8) is 0 Å². The number of amides is 1. The van der Waals surface area contributed by atoms with Crippen molar-refractivity contribution in [2.24, 2.45) is 0 Å². The summed E-state index contributed by atoms with van der Waals surface area (Å²) < 4.78 is 5.16. The van der Waals surface area contributed by atoms with Gasteiger partial charge in [-0.3, -0.25) is 15.0 Å². The van der Waals surface area contributed by atoms with Crippen LogP contribution in [0.25, 0.3) is 6.08 Å². The molecule has 0 fully saturated rings. The third-order valence-corrected chi connectivity index (χ3v) is 3.69. The second-order valence-electron chi connectivity index (χ2n) is 5.15. The van der Waals surface area contributed by atoms with Crippen molar-refractivity contribution in [3.05, 3.63) is 90.9 Å². The molecule has 0 bridgehead atoms. The van der Waals surface area contributed by atoms with Crippen LogP contribution in [0.2, 0.25) is 0 Å². The van der Waals surface area contributed by atoms with Crippen LogP contribution >= 0.6 is 12.2 Å². The van der Waals surface area contributed by atoms with Crippen molar-refractivity contribution in [2.45, 2.75) is 0 Å². The molecule has 0 aliphatic carbocycles. The highest BCUT2D eigenvalue weighted by Crippen LogP contribution is 2.24. The normalized spacial score (nSPS) is 10.6. The number of anilines is 2. The third-order valence-electron chi connectivity index (χ3n) is 3.40. The lowest BCUT2D eigenvalue weighted by molar-refractivity contribution is -0.115. The van der Waals surface area contributed by atoms with E-state index in [0.717, 1.165) is 11.4 Å². The van der Waals surface area contributed by atoms with Gasteiger partial charge in [-0.15, -0.1) is 0 Å². The van der Waals surface area contributed by atoms with Gasteiger partial charge >= 0.3 is 0 Å². The Kier molecular flexibility index (Phi) is 5.39. The summed E-state index contributed by atoms with van der Waals surface area (Å²) in [7, 11) is 0. The van der Waals surface area contributed by atoms with Crippen LogP contribution in [0.3, 0.4) is 0 Å². The molecule has 124 valence electrons. The maximum Gasteiger partial charge on any atom is 0.250 e. The predicted molar refractivity (Wildman–Crippen MR) is 104 cm³/mol. The first-order chi connectivity index (χ1) is 12.2. The molecule has 0 unspecified atom stereocenters. The number of carbonyl (C=O) groups is 1. The average Bonchev–Trinajstić information content (AvgIpc) is 3.16. The Hall–Kier alpha value is -3.18. The monoisotopic (exact) mass is 348 g/mol. The molecule has 1 amide bonds. The Labute approximate surface area is 151 Å². The van der Waals surface area contributed by atoms with E-state index in [2.05, 4.69) is 5.32 Å². The lowest BCUT2D eigenvalue weighted by Gasteiger charge is -2.25. The van der Waals surface area contributed by atoms with Gasteiger partial charge < -0.3 is 4.42 Å². The predicted octanol–water partition coefficient (Wildman–Crippen LogP) is 4.53. The zero-order valence-corrected chi connectivity index (χ0v) is 14.1. The first-order valence-electron chi connectivity index (χ1n) is 7.71. The van der Waals surface area contributed by atoms with Gasteiger partial charge in [-0.25, -0.2) is 0 Å². The molecular weight excluding hydrogens is 332 g/mol. The highest BCUT2D eigenvalue weighted by atomic mass is 32.1. The number of thiocarbonyl (C=S) groups is 1. The summed E-state index contributed by atoms with van der Waals surface area (Å²) >= 11 is 5.47. The van der Waals surface area contributed by atoms with Crippen LogP contribution in [-0.2, 0) is 4.79 Å². The molecule has 1 N–H and O–H groups in total. The number of benzene rings is 2. The largest absolute Gasteiger partial charge is 0.465 e. The summed E-state index contributed by atoms with van der Waals surface area (Å²) in [6.45, 7) is 0. The van der Waals surface area contributed by atoms with Crippen LogP contribution in [-0.4, -0.2) is 11.0 Å². The Morgan fingerprint density at radius 2 is 1.52 bits per heavy atom. The van der Waals surface area contributed by atoms with Gasteiger partial charge in [-0.2, -0.15) is 0 Å². The van der Waals surface area contributed by atoms with E-state index < -0.39 is 0 Å². The van der Waals surface area contributed by atoms with Crippen molar-refractivity contribution in [1.29, 1.82) is 0 Å². The van der Waals surface area contributed by atoms with E-state index in [4.69, 9.17) is 16.6 Å². The van der Waals surface area contributed by atoms with E-state index in [0.29, 0.717) is 10.9 Å². The third kappa shape index (κ3) is 4.43. The van der Waals surface area contributed by atoms with Crippen molar-refractivity contribution in [1.82, 2.24) is 5.32 Å². The van der Waals surface area contributed by atoms with E-state index in [-0.39, 0.29) is 5.91 Å². The molecule has 0 aliphatic heterocycles. The van der Waals surface area contributed by atoms with E-state index in [1.54, 1.807) is 24.5 Å². The minimum absolute atomic E-state index is 0.298. The van der Waals surface area contributed by atoms with E-state index in [1.165, 1.54) is 6.08 Å². The molecule has 0 saturated heterocycles. The fourth-order valence-electron chi connectivity index (χ4n) is 2.28. The van der Waals surface area contributed by atoms with Gasteiger partial charge in [0, 0.05) is 17.5 Å². The lowest BCUT2D eigenvalue weighted by atomic mass is 10.2. The molecule has 0 saturated carbocycles. The number of hydrogen-bond acceptors (Lipinski definition) is 3. The molecule has 2 aromatic carbocycles. The number of carbonyl (C=O) groups excluding carboxylic acids is 1. The van der Waals surface area contributed by atoms with Crippen LogP contribution in [0.15, 0.2) is 89.6 Å². The Morgan fingerprint density at radius 3 is 2.04 bits per heavy atom. The maximum absolute atomic E-state index is 12.2. The second kappa shape index (κ2) is 8.08. The van der Waals surface area contributed by atoms with Gasteiger partial charge in [0.15, 0.2) is 5.11 Å². The van der Waals surface area contributed by atoms with E-state index in [1.807, 2.05) is 65.6 Å². The smallest absolute Gasteiger partial charge is 0.250 e. The zero-order valence-electron chi connectivity index (χ0n) is 13.3. The summed E-state index contributed by atoms with van der Waals surface area (Å²) in [4.78, 5) is 14.0. The molecular formula is C20H16N2O2S. The van der Waals surface area contributed by atoms with E-state index in [9.17, 15) is 4.79 Å². The minimum Gasteiger partial charge on any atom is -0.465 e. The fourth-order valence-corrected chi connectivity index (χ4v) is 2.60. The summed E-state index contributed by atoms with van der Waals surface area (Å²) in [6, 6.07) is 22.8. The van der Waals surface area contributed by atoms with Gasteiger partial charge in [0.05, 0.1) is 6.26 Å².